The molecule has 0 unspecified atom stereocenters. The first kappa shape index (κ1) is 10.2. The minimum atomic E-state index is 0.685. The van der Waals surface area contributed by atoms with Gasteiger partial charge >= 0.3 is 0 Å². The van der Waals surface area contributed by atoms with Crippen LogP contribution in [0.3, 0.4) is 0 Å². The summed E-state index contributed by atoms with van der Waals surface area (Å²) in [5.74, 6) is 0. The van der Waals surface area contributed by atoms with Gasteiger partial charge < -0.3 is 4.57 Å². The normalized spacial score (nSPS) is 10.5. The van der Waals surface area contributed by atoms with Crippen molar-refractivity contribution in [3.8, 4) is 11.4 Å². The molecule has 0 spiro atoms. The molecule has 2 aromatic rings. The number of pyridine rings is 1. The Kier molecular flexibility index (Phi) is 3.02. The van der Waals surface area contributed by atoms with E-state index in [0.717, 1.165) is 24.4 Å². The fourth-order valence-electron chi connectivity index (χ4n) is 1.42. The van der Waals surface area contributed by atoms with E-state index in [1.807, 2.05) is 18.6 Å². The Morgan fingerprint density at radius 2 is 2.20 bits per heavy atom. The maximum Gasteiger partial charge on any atom is 0.107 e. The van der Waals surface area contributed by atoms with Gasteiger partial charge in [0.25, 0.3) is 0 Å². The summed E-state index contributed by atoms with van der Waals surface area (Å²) < 4.78 is 2.05. The Morgan fingerprint density at radius 3 is 2.93 bits per heavy atom. The number of aromatic nitrogens is 3. The average Bonchev–Trinajstić information content (AvgIpc) is 2.67. The molecule has 0 N–H and O–H groups in total. The maximum atomic E-state index is 5.89. The smallest absolute Gasteiger partial charge is 0.107 e. The van der Waals surface area contributed by atoms with Gasteiger partial charge in [0.05, 0.1) is 12.0 Å². The van der Waals surface area contributed by atoms with E-state index >= 15 is 0 Å². The van der Waals surface area contributed by atoms with Crippen LogP contribution >= 0.6 is 11.6 Å². The molecule has 15 heavy (non-hydrogen) atoms. The molecule has 0 saturated carbocycles. The number of rotatable bonds is 3. The fourth-order valence-corrected chi connectivity index (χ4v) is 1.58. The lowest BCUT2D eigenvalue weighted by Gasteiger charge is -1.97. The van der Waals surface area contributed by atoms with Crippen molar-refractivity contribution in [2.45, 2.75) is 19.9 Å². The third-order valence-electron chi connectivity index (χ3n) is 2.10. The van der Waals surface area contributed by atoms with Crippen LogP contribution in [0, 0.1) is 0 Å². The highest BCUT2D eigenvalue weighted by Crippen LogP contribution is 2.18. The molecule has 2 heterocycles. The van der Waals surface area contributed by atoms with E-state index in [-0.39, 0.29) is 0 Å². The molecule has 0 amide bonds. The van der Waals surface area contributed by atoms with Gasteiger partial charge in [0.15, 0.2) is 0 Å². The van der Waals surface area contributed by atoms with Crippen LogP contribution in [-0.2, 0) is 6.54 Å². The van der Waals surface area contributed by atoms with Gasteiger partial charge in [-0.3, -0.25) is 4.98 Å². The van der Waals surface area contributed by atoms with Crippen molar-refractivity contribution in [3.63, 3.8) is 0 Å². The van der Waals surface area contributed by atoms with Gasteiger partial charge in [-0.15, -0.1) is 0 Å². The van der Waals surface area contributed by atoms with E-state index in [2.05, 4.69) is 21.5 Å². The Balaban J connectivity index is 2.29. The van der Waals surface area contributed by atoms with Crippen LogP contribution in [0.25, 0.3) is 11.4 Å². The standard InChI is InChI=1S/C11H12ClN3/c1-2-5-15-7-11(14-8-15)10-6-9(12)3-4-13-10/h3-4,6-8H,2,5H2,1H3. The first-order chi connectivity index (χ1) is 7.29. The second-order valence-electron chi connectivity index (χ2n) is 3.36. The Morgan fingerprint density at radius 1 is 1.33 bits per heavy atom. The monoisotopic (exact) mass is 221 g/mol. The molecular weight excluding hydrogens is 210 g/mol. The molecule has 0 saturated heterocycles. The highest BCUT2D eigenvalue weighted by molar-refractivity contribution is 6.30. The first-order valence-corrected chi connectivity index (χ1v) is 5.31. The molecule has 4 heteroatoms. The lowest BCUT2D eigenvalue weighted by molar-refractivity contribution is 0.678. The summed E-state index contributed by atoms with van der Waals surface area (Å²) in [6.45, 7) is 3.12. The van der Waals surface area contributed by atoms with Gasteiger partial charge in [0.2, 0.25) is 0 Å². The zero-order valence-electron chi connectivity index (χ0n) is 8.52. The molecule has 2 aromatic heterocycles. The number of hydrogen-bond donors (Lipinski definition) is 0. The highest BCUT2D eigenvalue weighted by Gasteiger charge is 2.03. The Hall–Kier alpha value is -1.35. The maximum absolute atomic E-state index is 5.89. The van der Waals surface area contributed by atoms with Gasteiger partial charge in [-0.05, 0) is 18.6 Å². The summed E-state index contributed by atoms with van der Waals surface area (Å²) in [5, 5.41) is 0.685. The SMILES string of the molecule is CCCn1cnc(-c2cc(Cl)ccn2)c1. The van der Waals surface area contributed by atoms with E-state index in [1.54, 1.807) is 12.3 Å². The summed E-state index contributed by atoms with van der Waals surface area (Å²) in [6, 6.07) is 3.58. The van der Waals surface area contributed by atoms with Crippen LogP contribution in [0.15, 0.2) is 30.9 Å². The molecule has 0 aromatic carbocycles. The molecule has 0 atom stereocenters. The van der Waals surface area contributed by atoms with Gasteiger partial charge in [-0.1, -0.05) is 18.5 Å². The van der Waals surface area contributed by atoms with E-state index in [9.17, 15) is 0 Å². The van der Waals surface area contributed by atoms with Crippen LogP contribution < -0.4 is 0 Å². The van der Waals surface area contributed by atoms with E-state index < -0.39 is 0 Å². The molecule has 78 valence electrons. The molecule has 0 aliphatic carbocycles. The predicted octanol–water partition coefficient (Wildman–Crippen LogP) is 3.01. The van der Waals surface area contributed by atoms with Crippen LogP contribution in [0.5, 0.6) is 0 Å². The minimum absolute atomic E-state index is 0.685. The zero-order chi connectivity index (χ0) is 10.7. The van der Waals surface area contributed by atoms with Crippen molar-refractivity contribution in [3.05, 3.63) is 35.9 Å². The molecule has 0 fully saturated rings. The molecule has 0 aliphatic rings. The number of nitrogens with zero attached hydrogens (tertiary/aromatic N) is 3. The summed E-state index contributed by atoms with van der Waals surface area (Å²) >= 11 is 5.89. The van der Waals surface area contributed by atoms with Crippen molar-refractivity contribution in [1.29, 1.82) is 0 Å². The topological polar surface area (TPSA) is 30.7 Å². The lowest BCUT2D eigenvalue weighted by Crippen LogP contribution is -1.90. The summed E-state index contributed by atoms with van der Waals surface area (Å²) in [6.07, 6.45) is 6.60. The number of imidazole rings is 1. The Labute approximate surface area is 93.7 Å². The lowest BCUT2D eigenvalue weighted by atomic mass is 10.3. The zero-order valence-corrected chi connectivity index (χ0v) is 9.28. The highest BCUT2D eigenvalue weighted by atomic mass is 35.5. The average molecular weight is 222 g/mol. The third kappa shape index (κ3) is 2.36. The molecular formula is C11H12ClN3. The quantitative estimate of drug-likeness (QED) is 0.798. The molecule has 0 radical (unpaired) electrons. The van der Waals surface area contributed by atoms with Crippen LogP contribution in [0.4, 0.5) is 0 Å². The van der Waals surface area contributed by atoms with Crippen LogP contribution in [-0.4, -0.2) is 14.5 Å². The van der Waals surface area contributed by atoms with E-state index in [0.29, 0.717) is 5.02 Å². The third-order valence-corrected chi connectivity index (χ3v) is 2.33. The van der Waals surface area contributed by atoms with Crippen LogP contribution in [0.1, 0.15) is 13.3 Å². The second-order valence-corrected chi connectivity index (χ2v) is 3.79. The largest absolute Gasteiger partial charge is 0.337 e. The van der Waals surface area contributed by atoms with Gasteiger partial charge in [-0.25, -0.2) is 4.98 Å². The minimum Gasteiger partial charge on any atom is -0.337 e. The fraction of sp³-hybridized carbons (Fsp3) is 0.273. The summed E-state index contributed by atoms with van der Waals surface area (Å²) in [5.41, 5.74) is 1.68. The number of hydrogen-bond acceptors (Lipinski definition) is 2. The molecule has 2 rings (SSSR count). The number of halogens is 1. The first-order valence-electron chi connectivity index (χ1n) is 4.93. The van der Waals surface area contributed by atoms with Crippen molar-refractivity contribution >= 4 is 11.6 Å². The predicted molar refractivity (Wildman–Crippen MR) is 60.8 cm³/mol. The van der Waals surface area contributed by atoms with Gasteiger partial charge in [0.1, 0.15) is 5.69 Å². The second kappa shape index (κ2) is 4.45. The van der Waals surface area contributed by atoms with Crippen molar-refractivity contribution in [1.82, 2.24) is 14.5 Å². The molecule has 0 bridgehead atoms. The Bertz CT molecular complexity index is 451. The van der Waals surface area contributed by atoms with Crippen LogP contribution in [0.2, 0.25) is 5.02 Å². The van der Waals surface area contributed by atoms with Gasteiger partial charge in [0, 0.05) is 24.0 Å². The van der Waals surface area contributed by atoms with Crippen molar-refractivity contribution in [2.24, 2.45) is 0 Å². The summed E-state index contributed by atoms with van der Waals surface area (Å²) in [7, 11) is 0. The van der Waals surface area contributed by atoms with Gasteiger partial charge in [-0.2, -0.15) is 0 Å². The molecule has 0 aliphatic heterocycles. The van der Waals surface area contributed by atoms with Crippen molar-refractivity contribution < 1.29 is 0 Å². The molecule has 3 nitrogen and oxygen atoms in total. The van der Waals surface area contributed by atoms with E-state index in [4.69, 9.17) is 11.6 Å². The summed E-state index contributed by atoms with van der Waals surface area (Å²) in [4.78, 5) is 8.51. The number of aryl methyl sites for hydroxylation is 1. The van der Waals surface area contributed by atoms with Crippen molar-refractivity contribution in [2.75, 3.05) is 0 Å². The van der Waals surface area contributed by atoms with E-state index in [1.165, 1.54) is 0 Å².